The minimum absolute atomic E-state index is 0.0385. The van der Waals surface area contributed by atoms with Crippen molar-refractivity contribution in [3.8, 4) is 0 Å². The molecule has 1 heterocycles. The molecule has 0 aliphatic heterocycles. The first kappa shape index (κ1) is 13.4. The molecule has 0 aliphatic carbocycles. The van der Waals surface area contributed by atoms with E-state index in [-0.39, 0.29) is 12.2 Å². The van der Waals surface area contributed by atoms with E-state index in [4.69, 9.17) is 5.73 Å². The third kappa shape index (κ3) is 3.03. The van der Waals surface area contributed by atoms with Gasteiger partial charge in [0, 0.05) is 18.3 Å². The van der Waals surface area contributed by atoms with Gasteiger partial charge in [0.2, 0.25) is 0 Å². The Kier molecular flexibility index (Phi) is 3.71. The van der Waals surface area contributed by atoms with Gasteiger partial charge in [-0.15, -0.1) is 0 Å². The number of nitrogens with zero attached hydrogens (tertiary/aromatic N) is 1. The molecule has 2 aromatic rings. The van der Waals surface area contributed by atoms with Crippen LogP contribution in [0.2, 0.25) is 0 Å². The second-order valence-corrected chi connectivity index (χ2v) is 3.88. The van der Waals surface area contributed by atoms with E-state index < -0.39 is 11.7 Å². The summed E-state index contributed by atoms with van der Waals surface area (Å²) in [4.78, 5) is 4.01. The van der Waals surface area contributed by atoms with Crippen molar-refractivity contribution < 1.29 is 13.2 Å². The number of alkyl halides is 3. The van der Waals surface area contributed by atoms with Crippen LogP contribution in [0.3, 0.4) is 0 Å². The van der Waals surface area contributed by atoms with Crippen molar-refractivity contribution in [2.24, 2.45) is 5.73 Å². The zero-order valence-corrected chi connectivity index (χ0v) is 9.91. The zero-order valence-electron chi connectivity index (χ0n) is 9.91. The van der Waals surface area contributed by atoms with E-state index in [1.165, 1.54) is 24.4 Å². The lowest BCUT2D eigenvalue weighted by molar-refractivity contribution is -0.136. The second-order valence-electron chi connectivity index (χ2n) is 3.88. The Labute approximate surface area is 108 Å². The van der Waals surface area contributed by atoms with Gasteiger partial charge in [0.15, 0.2) is 0 Å². The molecule has 0 spiro atoms. The zero-order chi connectivity index (χ0) is 13.9. The van der Waals surface area contributed by atoms with E-state index >= 15 is 0 Å². The Morgan fingerprint density at radius 1 is 1.11 bits per heavy atom. The molecule has 100 valence electrons. The van der Waals surface area contributed by atoms with E-state index in [0.717, 1.165) is 6.07 Å². The van der Waals surface area contributed by atoms with E-state index in [1.54, 1.807) is 12.1 Å². The van der Waals surface area contributed by atoms with Crippen LogP contribution < -0.4 is 11.1 Å². The summed E-state index contributed by atoms with van der Waals surface area (Å²) in [6.07, 6.45) is -2.92. The molecule has 0 radical (unpaired) electrons. The van der Waals surface area contributed by atoms with Crippen LogP contribution in [-0.4, -0.2) is 4.98 Å². The van der Waals surface area contributed by atoms with Gasteiger partial charge in [-0.1, -0.05) is 18.2 Å². The summed E-state index contributed by atoms with van der Waals surface area (Å²) in [7, 11) is 0. The van der Waals surface area contributed by atoms with Gasteiger partial charge >= 0.3 is 6.18 Å². The van der Waals surface area contributed by atoms with Crippen LogP contribution >= 0.6 is 0 Å². The fraction of sp³-hybridized carbons (Fsp3) is 0.154. The molecule has 19 heavy (non-hydrogen) atoms. The molecule has 1 aromatic heterocycles. The van der Waals surface area contributed by atoms with Crippen LogP contribution in [0.1, 0.15) is 11.1 Å². The fourth-order valence-electron chi connectivity index (χ4n) is 1.68. The summed E-state index contributed by atoms with van der Waals surface area (Å²) < 4.78 is 38.5. The number of para-hydroxylation sites is 1. The molecule has 6 heteroatoms. The van der Waals surface area contributed by atoms with Crippen LogP contribution in [0, 0.1) is 0 Å². The van der Waals surface area contributed by atoms with Gasteiger partial charge in [-0.25, -0.2) is 4.98 Å². The number of hydrogen-bond acceptors (Lipinski definition) is 3. The third-order valence-corrected chi connectivity index (χ3v) is 2.60. The predicted octanol–water partition coefficient (Wildman–Crippen LogP) is 3.30. The highest BCUT2D eigenvalue weighted by Gasteiger charge is 2.33. The number of nitrogens with two attached hydrogens (primary N) is 1. The van der Waals surface area contributed by atoms with E-state index in [9.17, 15) is 13.2 Å². The first-order chi connectivity index (χ1) is 9.02. The maximum atomic E-state index is 12.8. The van der Waals surface area contributed by atoms with Crippen molar-refractivity contribution in [1.29, 1.82) is 0 Å². The molecule has 1 aromatic carbocycles. The summed E-state index contributed by atoms with van der Waals surface area (Å²) >= 11 is 0. The lowest BCUT2D eigenvalue weighted by Crippen LogP contribution is -2.10. The van der Waals surface area contributed by atoms with Crippen LogP contribution in [0.25, 0.3) is 0 Å². The van der Waals surface area contributed by atoms with Crippen LogP contribution in [0.4, 0.5) is 24.7 Å². The average molecular weight is 267 g/mol. The molecule has 0 aliphatic rings. The van der Waals surface area contributed by atoms with Gasteiger partial charge in [0.05, 0.1) is 11.3 Å². The molecule has 0 saturated carbocycles. The Hall–Kier alpha value is -2.08. The molecule has 0 saturated heterocycles. The molecule has 3 N–H and O–H groups in total. The normalized spacial score (nSPS) is 11.4. The maximum Gasteiger partial charge on any atom is 0.418 e. The minimum atomic E-state index is -4.42. The van der Waals surface area contributed by atoms with Crippen molar-refractivity contribution in [2.45, 2.75) is 12.7 Å². The molecule has 3 nitrogen and oxygen atoms in total. The number of aromatic nitrogens is 1. The Morgan fingerprint density at radius 2 is 1.84 bits per heavy atom. The topological polar surface area (TPSA) is 50.9 Å². The monoisotopic (exact) mass is 267 g/mol. The largest absolute Gasteiger partial charge is 0.418 e. The summed E-state index contributed by atoms with van der Waals surface area (Å²) in [5.41, 5.74) is 5.41. The number of benzene rings is 1. The lowest BCUT2D eigenvalue weighted by atomic mass is 10.1. The van der Waals surface area contributed by atoms with Crippen molar-refractivity contribution in [3.05, 3.63) is 53.7 Å². The van der Waals surface area contributed by atoms with Crippen molar-refractivity contribution >= 4 is 11.5 Å². The van der Waals surface area contributed by atoms with Gasteiger partial charge in [0.25, 0.3) is 0 Å². The number of rotatable bonds is 3. The van der Waals surface area contributed by atoms with Gasteiger partial charge in [-0.05, 0) is 18.2 Å². The molecule has 0 atom stereocenters. The summed E-state index contributed by atoms with van der Waals surface area (Å²) in [5.74, 6) is 0.335. The SMILES string of the molecule is NCc1cccnc1Nc1ccccc1C(F)(F)F. The number of hydrogen-bond donors (Lipinski definition) is 2. The summed E-state index contributed by atoms with van der Waals surface area (Å²) in [5, 5.41) is 2.69. The fourth-order valence-corrected chi connectivity index (χ4v) is 1.68. The van der Waals surface area contributed by atoms with Crippen LogP contribution in [-0.2, 0) is 12.7 Å². The van der Waals surface area contributed by atoms with E-state index in [1.807, 2.05) is 0 Å². The molecule has 0 fully saturated rings. The molecule has 0 unspecified atom stereocenters. The van der Waals surface area contributed by atoms with Crippen LogP contribution in [0.15, 0.2) is 42.6 Å². The van der Waals surface area contributed by atoms with E-state index in [2.05, 4.69) is 10.3 Å². The van der Waals surface area contributed by atoms with Gasteiger partial charge in [-0.2, -0.15) is 13.2 Å². The summed E-state index contributed by atoms with van der Waals surface area (Å²) in [6.45, 7) is 0.199. The molecule has 0 bridgehead atoms. The van der Waals surface area contributed by atoms with E-state index in [0.29, 0.717) is 11.4 Å². The standard InChI is InChI=1S/C13H12F3N3/c14-13(15,16)10-5-1-2-6-11(10)19-12-9(8-17)4-3-7-18-12/h1-7H,8,17H2,(H,18,19). The smallest absolute Gasteiger partial charge is 0.339 e. The lowest BCUT2D eigenvalue weighted by Gasteiger charge is -2.15. The second kappa shape index (κ2) is 5.27. The van der Waals surface area contributed by atoms with Crippen molar-refractivity contribution in [2.75, 3.05) is 5.32 Å². The van der Waals surface area contributed by atoms with Crippen molar-refractivity contribution in [3.63, 3.8) is 0 Å². The molecule has 2 rings (SSSR count). The first-order valence-corrected chi connectivity index (χ1v) is 5.59. The maximum absolute atomic E-state index is 12.8. The van der Waals surface area contributed by atoms with Crippen LogP contribution in [0.5, 0.6) is 0 Å². The number of pyridine rings is 1. The highest BCUT2D eigenvalue weighted by Crippen LogP contribution is 2.35. The first-order valence-electron chi connectivity index (χ1n) is 5.59. The van der Waals surface area contributed by atoms with Gasteiger partial charge in [-0.3, -0.25) is 0 Å². The minimum Gasteiger partial charge on any atom is -0.339 e. The van der Waals surface area contributed by atoms with Gasteiger partial charge in [0.1, 0.15) is 5.82 Å². The third-order valence-electron chi connectivity index (χ3n) is 2.60. The predicted molar refractivity (Wildman–Crippen MR) is 66.9 cm³/mol. The molecule has 0 amide bonds. The summed E-state index contributed by atoms with van der Waals surface area (Å²) in [6, 6.07) is 8.65. The van der Waals surface area contributed by atoms with Crippen molar-refractivity contribution in [1.82, 2.24) is 4.98 Å². The van der Waals surface area contributed by atoms with Gasteiger partial charge < -0.3 is 11.1 Å². The molecular weight excluding hydrogens is 255 g/mol. The molecular formula is C13H12F3N3. The highest BCUT2D eigenvalue weighted by atomic mass is 19.4. The number of anilines is 2. The Bertz CT molecular complexity index is 567. The number of halogens is 3. The Balaban J connectivity index is 2.39. The quantitative estimate of drug-likeness (QED) is 0.897. The average Bonchev–Trinajstić information content (AvgIpc) is 2.39. The highest BCUT2D eigenvalue weighted by molar-refractivity contribution is 5.63. The number of nitrogens with one attached hydrogen (secondary N) is 1. The Morgan fingerprint density at radius 3 is 2.53 bits per heavy atom.